The van der Waals surface area contributed by atoms with Crippen molar-refractivity contribution in [3.05, 3.63) is 63.8 Å². The monoisotopic (exact) mass is 388 g/mol. The van der Waals surface area contributed by atoms with Crippen LogP contribution in [0.4, 0.5) is 0 Å². The summed E-state index contributed by atoms with van der Waals surface area (Å²) in [5.74, 6) is -0.226. The zero-order valence-electron chi connectivity index (χ0n) is 14.1. The molecular weight excluding hydrogens is 372 g/mol. The number of benzene rings is 1. The van der Waals surface area contributed by atoms with E-state index in [1.54, 1.807) is 23.1 Å². The van der Waals surface area contributed by atoms with Crippen LogP contribution in [0.3, 0.4) is 0 Å². The van der Waals surface area contributed by atoms with Crippen LogP contribution >= 0.6 is 22.9 Å². The number of carbonyl (C=O) groups excluding carboxylic acids is 2. The van der Waals surface area contributed by atoms with Gasteiger partial charge in [-0.3, -0.25) is 9.59 Å². The average molecular weight is 389 g/mol. The van der Waals surface area contributed by atoms with Gasteiger partial charge in [0, 0.05) is 12.8 Å². The molecule has 1 amide bonds. The summed E-state index contributed by atoms with van der Waals surface area (Å²) in [6.45, 7) is 1.91. The molecule has 2 aromatic heterocycles. The maximum Gasteiger partial charge on any atom is 0.220 e. The molecule has 0 aliphatic carbocycles. The molecule has 0 spiro atoms. The first-order chi connectivity index (χ1) is 12.5. The van der Waals surface area contributed by atoms with Gasteiger partial charge in [0.1, 0.15) is 12.7 Å². The first-order valence-corrected chi connectivity index (χ1v) is 9.25. The number of nitrogens with zero attached hydrogens (tertiary/aromatic N) is 3. The van der Waals surface area contributed by atoms with Crippen molar-refractivity contribution in [2.45, 2.75) is 25.8 Å². The van der Waals surface area contributed by atoms with Crippen LogP contribution in [0.2, 0.25) is 4.34 Å². The molecule has 1 atom stereocenters. The Labute approximate surface area is 159 Å². The fourth-order valence-electron chi connectivity index (χ4n) is 2.47. The molecule has 134 valence electrons. The molecule has 0 radical (unpaired) electrons. The van der Waals surface area contributed by atoms with E-state index in [1.165, 1.54) is 17.7 Å². The zero-order valence-corrected chi connectivity index (χ0v) is 15.6. The minimum absolute atomic E-state index is 0.0677. The Morgan fingerprint density at radius 3 is 2.58 bits per heavy atom. The van der Waals surface area contributed by atoms with Crippen molar-refractivity contribution >= 4 is 34.6 Å². The van der Waals surface area contributed by atoms with E-state index >= 15 is 0 Å². The number of halogens is 1. The van der Waals surface area contributed by atoms with Crippen molar-refractivity contribution in [1.82, 2.24) is 20.1 Å². The second-order valence-electron chi connectivity index (χ2n) is 5.75. The number of ketones is 1. The average Bonchev–Trinajstić information content (AvgIpc) is 3.31. The summed E-state index contributed by atoms with van der Waals surface area (Å²) >= 11 is 7.06. The molecule has 0 saturated carbocycles. The van der Waals surface area contributed by atoms with Crippen LogP contribution in [0.5, 0.6) is 0 Å². The molecule has 1 N–H and O–H groups in total. The number of amides is 1. The number of aromatic nitrogens is 3. The van der Waals surface area contributed by atoms with Gasteiger partial charge in [0.15, 0.2) is 5.78 Å². The topological polar surface area (TPSA) is 76.9 Å². The molecule has 0 bridgehead atoms. The molecule has 0 fully saturated rings. The van der Waals surface area contributed by atoms with Crippen LogP contribution in [0.25, 0.3) is 5.69 Å². The van der Waals surface area contributed by atoms with E-state index < -0.39 is 0 Å². The van der Waals surface area contributed by atoms with Crippen molar-refractivity contribution in [1.29, 1.82) is 0 Å². The Hall–Kier alpha value is -2.51. The van der Waals surface area contributed by atoms with Gasteiger partial charge in [-0.2, -0.15) is 5.10 Å². The van der Waals surface area contributed by atoms with E-state index in [2.05, 4.69) is 15.4 Å². The van der Waals surface area contributed by atoms with Gasteiger partial charge < -0.3 is 5.32 Å². The van der Waals surface area contributed by atoms with E-state index in [1.807, 2.05) is 31.2 Å². The van der Waals surface area contributed by atoms with E-state index in [4.69, 9.17) is 11.6 Å². The Morgan fingerprint density at radius 2 is 1.96 bits per heavy atom. The smallest absolute Gasteiger partial charge is 0.220 e. The number of carbonyl (C=O) groups is 2. The molecule has 3 aromatic rings. The summed E-state index contributed by atoms with van der Waals surface area (Å²) in [6.07, 6.45) is 3.41. The number of hydrogen-bond acceptors (Lipinski definition) is 5. The number of thiophene rings is 1. The van der Waals surface area contributed by atoms with Crippen molar-refractivity contribution in [2.75, 3.05) is 0 Å². The third-order valence-corrected chi connectivity index (χ3v) is 5.15. The third-order valence-electron chi connectivity index (χ3n) is 3.88. The lowest BCUT2D eigenvalue weighted by molar-refractivity contribution is -0.121. The summed E-state index contributed by atoms with van der Waals surface area (Å²) in [5, 5.41) is 6.99. The van der Waals surface area contributed by atoms with Crippen LogP contribution < -0.4 is 5.32 Å². The summed E-state index contributed by atoms with van der Waals surface area (Å²) < 4.78 is 2.23. The molecule has 0 saturated heterocycles. The van der Waals surface area contributed by atoms with Crippen molar-refractivity contribution in [3.8, 4) is 5.69 Å². The fraction of sp³-hybridized carbons (Fsp3) is 0.222. The van der Waals surface area contributed by atoms with Gasteiger partial charge in [0.2, 0.25) is 5.91 Å². The highest BCUT2D eigenvalue weighted by atomic mass is 35.5. The lowest BCUT2D eigenvalue weighted by Crippen LogP contribution is -2.26. The third kappa shape index (κ3) is 4.56. The molecule has 3 rings (SSSR count). The molecular formula is C18H17ClN4O2S. The molecule has 1 unspecified atom stereocenters. The van der Waals surface area contributed by atoms with Crippen LogP contribution in [-0.2, 0) is 4.79 Å². The molecule has 0 aliphatic heterocycles. The SMILES string of the molecule is CC(NC(=O)CCC(=O)c1ccc(Cl)s1)c1ccc(-n2cncn2)cc1. The van der Waals surface area contributed by atoms with E-state index in [9.17, 15) is 9.59 Å². The largest absolute Gasteiger partial charge is 0.350 e. The maximum atomic E-state index is 12.1. The minimum atomic E-state index is -0.158. The van der Waals surface area contributed by atoms with E-state index in [0.29, 0.717) is 9.21 Å². The summed E-state index contributed by atoms with van der Waals surface area (Å²) in [6, 6.07) is 10.9. The minimum Gasteiger partial charge on any atom is -0.350 e. The molecule has 26 heavy (non-hydrogen) atoms. The molecule has 0 aliphatic rings. The molecule has 6 nitrogen and oxygen atoms in total. The van der Waals surface area contributed by atoms with Gasteiger partial charge in [0.25, 0.3) is 0 Å². The number of Topliss-reactive ketones (excluding diaryl/α,β-unsaturated/α-hetero) is 1. The predicted octanol–water partition coefficient (Wildman–Crippen LogP) is 3.82. The second-order valence-corrected chi connectivity index (χ2v) is 7.46. The maximum absolute atomic E-state index is 12.1. The van der Waals surface area contributed by atoms with Gasteiger partial charge in [-0.15, -0.1) is 11.3 Å². The van der Waals surface area contributed by atoms with Crippen molar-refractivity contribution in [3.63, 3.8) is 0 Å². The predicted molar refractivity (Wildman–Crippen MR) is 101 cm³/mol. The number of rotatable bonds is 7. The first-order valence-electron chi connectivity index (χ1n) is 8.06. The van der Waals surface area contributed by atoms with Gasteiger partial charge in [-0.1, -0.05) is 23.7 Å². The Balaban J connectivity index is 1.51. The molecule has 1 aromatic carbocycles. The Bertz CT molecular complexity index is 890. The standard InChI is InChI=1S/C18H17ClN4O2S/c1-12(13-2-4-14(5-3-13)23-11-20-10-21-23)22-18(25)9-6-15(24)16-7-8-17(19)26-16/h2-5,7-8,10-12H,6,9H2,1H3,(H,22,25). The quantitative estimate of drug-likeness (QED) is 0.624. The van der Waals surface area contributed by atoms with E-state index in [-0.39, 0.29) is 30.6 Å². The van der Waals surface area contributed by atoms with Crippen LogP contribution in [0, 0.1) is 0 Å². The lowest BCUT2D eigenvalue weighted by Gasteiger charge is -2.14. The molecule has 2 heterocycles. The fourth-order valence-corrected chi connectivity index (χ4v) is 3.48. The van der Waals surface area contributed by atoms with E-state index in [0.717, 1.165) is 11.3 Å². The van der Waals surface area contributed by atoms with Crippen LogP contribution in [0.1, 0.15) is 41.0 Å². The van der Waals surface area contributed by atoms with Crippen molar-refractivity contribution in [2.24, 2.45) is 0 Å². The number of hydrogen-bond donors (Lipinski definition) is 1. The van der Waals surface area contributed by atoms with Crippen LogP contribution in [0.15, 0.2) is 49.1 Å². The second kappa shape index (κ2) is 8.25. The first kappa shape index (κ1) is 18.3. The van der Waals surface area contributed by atoms with Crippen molar-refractivity contribution < 1.29 is 9.59 Å². The highest BCUT2D eigenvalue weighted by Gasteiger charge is 2.14. The van der Waals surface area contributed by atoms with Gasteiger partial charge in [-0.25, -0.2) is 9.67 Å². The summed E-state index contributed by atoms with van der Waals surface area (Å²) in [7, 11) is 0. The molecule has 8 heteroatoms. The van der Waals surface area contributed by atoms with Gasteiger partial charge in [-0.05, 0) is 36.8 Å². The van der Waals surface area contributed by atoms with Gasteiger partial charge in [0.05, 0.1) is 20.9 Å². The summed E-state index contributed by atoms with van der Waals surface area (Å²) in [5.41, 5.74) is 1.86. The normalized spacial score (nSPS) is 11.9. The summed E-state index contributed by atoms with van der Waals surface area (Å²) in [4.78, 5) is 28.6. The number of nitrogens with one attached hydrogen (secondary N) is 1. The highest BCUT2D eigenvalue weighted by molar-refractivity contribution is 7.18. The van der Waals surface area contributed by atoms with Crippen LogP contribution in [-0.4, -0.2) is 26.5 Å². The van der Waals surface area contributed by atoms with Gasteiger partial charge >= 0.3 is 0 Å². The lowest BCUT2D eigenvalue weighted by atomic mass is 10.1. The highest BCUT2D eigenvalue weighted by Crippen LogP contribution is 2.23. The Morgan fingerprint density at radius 1 is 1.19 bits per heavy atom. The zero-order chi connectivity index (χ0) is 18.5. The Kier molecular flexibility index (Phi) is 5.80.